The van der Waals surface area contributed by atoms with Crippen molar-refractivity contribution >= 4 is 17.2 Å². The maximum absolute atomic E-state index is 12.0. The lowest BCUT2D eigenvalue weighted by Crippen LogP contribution is -2.49. The largest absolute Gasteiger partial charge is 0.344 e. The van der Waals surface area contributed by atoms with Gasteiger partial charge in [0.25, 0.3) is 0 Å². The molecule has 0 saturated heterocycles. The van der Waals surface area contributed by atoms with Gasteiger partial charge in [-0.05, 0) is 27.7 Å². The van der Waals surface area contributed by atoms with Crippen molar-refractivity contribution in [2.24, 2.45) is 11.1 Å². The lowest BCUT2D eigenvalue weighted by Gasteiger charge is -2.29. The van der Waals surface area contributed by atoms with Crippen LogP contribution in [0.25, 0.3) is 0 Å². The van der Waals surface area contributed by atoms with Crippen LogP contribution in [0.4, 0.5) is 0 Å². The van der Waals surface area contributed by atoms with Crippen molar-refractivity contribution in [3.05, 3.63) is 16.6 Å². The van der Waals surface area contributed by atoms with Crippen LogP contribution in [0.3, 0.4) is 0 Å². The van der Waals surface area contributed by atoms with Gasteiger partial charge >= 0.3 is 0 Å². The second-order valence-electron chi connectivity index (χ2n) is 5.00. The summed E-state index contributed by atoms with van der Waals surface area (Å²) in [6.07, 6.45) is 1.74. The Kier molecular flexibility index (Phi) is 3.70. The Morgan fingerprint density at radius 3 is 2.56 bits per heavy atom. The molecule has 5 heteroatoms. The number of hydrogen-bond acceptors (Lipinski definition) is 4. The summed E-state index contributed by atoms with van der Waals surface area (Å²) in [7, 11) is 0. The Morgan fingerprint density at radius 2 is 2.12 bits per heavy atom. The van der Waals surface area contributed by atoms with Crippen molar-refractivity contribution in [2.75, 3.05) is 6.54 Å². The number of nitrogens with zero attached hydrogens (tertiary/aromatic N) is 1. The Morgan fingerprint density at radius 1 is 1.50 bits per heavy atom. The third-order valence-electron chi connectivity index (χ3n) is 2.52. The lowest BCUT2D eigenvalue weighted by atomic mass is 9.91. The SMILES string of the molecule is CC(C)(CN)C(=O)NC(C)(C)c1nccs1. The first-order valence-electron chi connectivity index (χ1n) is 5.22. The van der Waals surface area contributed by atoms with Crippen LogP contribution in [-0.4, -0.2) is 17.4 Å². The van der Waals surface area contributed by atoms with Crippen molar-refractivity contribution in [3.8, 4) is 0 Å². The number of rotatable bonds is 4. The number of aromatic nitrogens is 1. The van der Waals surface area contributed by atoms with Gasteiger partial charge in [-0.15, -0.1) is 11.3 Å². The molecule has 4 nitrogen and oxygen atoms in total. The van der Waals surface area contributed by atoms with E-state index in [1.54, 1.807) is 6.20 Å². The highest BCUT2D eigenvalue weighted by atomic mass is 32.1. The quantitative estimate of drug-likeness (QED) is 0.839. The fourth-order valence-corrected chi connectivity index (χ4v) is 1.85. The van der Waals surface area contributed by atoms with Crippen molar-refractivity contribution < 1.29 is 4.79 Å². The van der Waals surface area contributed by atoms with Crippen molar-refractivity contribution in [1.29, 1.82) is 0 Å². The van der Waals surface area contributed by atoms with Crippen LogP contribution in [0.1, 0.15) is 32.7 Å². The summed E-state index contributed by atoms with van der Waals surface area (Å²) < 4.78 is 0. The minimum atomic E-state index is -0.547. The van der Waals surface area contributed by atoms with E-state index in [1.165, 1.54) is 11.3 Å². The van der Waals surface area contributed by atoms with Crippen LogP contribution in [0.5, 0.6) is 0 Å². The molecule has 0 unspecified atom stereocenters. The van der Waals surface area contributed by atoms with Gasteiger partial charge in [-0.1, -0.05) is 0 Å². The fraction of sp³-hybridized carbons (Fsp3) is 0.636. The average Bonchev–Trinajstić information content (AvgIpc) is 2.70. The van der Waals surface area contributed by atoms with Crippen LogP contribution in [-0.2, 0) is 10.3 Å². The second-order valence-corrected chi connectivity index (χ2v) is 5.90. The highest BCUT2D eigenvalue weighted by Gasteiger charge is 2.32. The first kappa shape index (κ1) is 13.1. The van der Waals surface area contributed by atoms with Crippen LogP contribution >= 0.6 is 11.3 Å². The number of nitrogens with two attached hydrogens (primary N) is 1. The Labute approximate surface area is 100 Å². The van der Waals surface area contributed by atoms with E-state index in [1.807, 2.05) is 33.1 Å². The van der Waals surface area contributed by atoms with E-state index in [2.05, 4.69) is 10.3 Å². The van der Waals surface area contributed by atoms with Gasteiger partial charge in [0.05, 0.1) is 11.0 Å². The zero-order valence-electron chi connectivity index (χ0n) is 10.2. The van der Waals surface area contributed by atoms with Crippen LogP contribution in [0, 0.1) is 5.41 Å². The predicted molar refractivity (Wildman–Crippen MR) is 66.1 cm³/mol. The molecule has 1 aromatic heterocycles. The Balaban J connectivity index is 2.78. The van der Waals surface area contributed by atoms with Gasteiger partial charge in [-0.3, -0.25) is 4.79 Å². The van der Waals surface area contributed by atoms with Crippen LogP contribution < -0.4 is 11.1 Å². The zero-order chi connectivity index (χ0) is 12.4. The fourth-order valence-electron chi connectivity index (χ4n) is 1.13. The molecule has 1 amide bonds. The number of thiazole rings is 1. The second kappa shape index (κ2) is 4.51. The van der Waals surface area contributed by atoms with E-state index < -0.39 is 11.0 Å². The van der Waals surface area contributed by atoms with Gasteiger partial charge in [0.2, 0.25) is 5.91 Å². The zero-order valence-corrected chi connectivity index (χ0v) is 11.0. The predicted octanol–water partition coefficient (Wildman–Crippen LogP) is 1.48. The third-order valence-corrected chi connectivity index (χ3v) is 3.61. The van der Waals surface area contributed by atoms with Crippen molar-refractivity contribution in [3.63, 3.8) is 0 Å². The molecule has 0 aliphatic heterocycles. The summed E-state index contributed by atoms with van der Waals surface area (Å²) in [6.45, 7) is 7.87. The highest BCUT2D eigenvalue weighted by Crippen LogP contribution is 2.24. The monoisotopic (exact) mass is 241 g/mol. The van der Waals surface area contributed by atoms with Gasteiger partial charge in [0, 0.05) is 18.1 Å². The molecule has 0 aromatic carbocycles. The Bertz CT molecular complexity index is 357. The van der Waals surface area contributed by atoms with Crippen molar-refractivity contribution in [1.82, 2.24) is 10.3 Å². The first-order chi connectivity index (χ1) is 7.29. The summed E-state index contributed by atoms with van der Waals surface area (Å²) in [4.78, 5) is 16.2. The maximum atomic E-state index is 12.0. The normalized spacial score (nSPS) is 12.6. The van der Waals surface area contributed by atoms with E-state index in [0.29, 0.717) is 6.54 Å². The summed E-state index contributed by atoms with van der Waals surface area (Å²) in [5, 5.41) is 5.78. The molecular formula is C11H19N3OS. The van der Waals surface area contributed by atoms with Crippen LogP contribution in [0.2, 0.25) is 0 Å². The molecule has 1 rings (SSSR count). The number of amides is 1. The molecule has 0 fully saturated rings. The third kappa shape index (κ3) is 2.80. The van der Waals surface area contributed by atoms with Gasteiger partial charge in [0.1, 0.15) is 5.01 Å². The Hall–Kier alpha value is -0.940. The summed E-state index contributed by atoms with van der Waals surface area (Å²) in [5.41, 5.74) is 4.58. The number of hydrogen-bond donors (Lipinski definition) is 2. The average molecular weight is 241 g/mol. The molecule has 0 radical (unpaired) electrons. The van der Waals surface area contributed by atoms with Gasteiger partial charge in [-0.2, -0.15) is 0 Å². The van der Waals surface area contributed by atoms with Gasteiger partial charge in [-0.25, -0.2) is 4.98 Å². The molecule has 90 valence electrons. The molecular weight excluding hydrogens is 222 g/mol. The minimum absolute atomic E-state index is 0.0461. The molecule has 0 atom stereocenters. The molecule has 0 spiro atoms. The smallest absolute Gasteiger partial charge is 0.227 e. The van der Waals surface area contributed by atoms with Gasteiger partial charge < -0.3 is 11.1 Å². The molecule has 0 aliphatic rings. The van der Waals surface area contributed by atoms with Crippen LogP contribution in [0.15, 0.2) is 11.6 Å². The van der Waals surface area contributed by atoms with E-state index in [9.17, 15) is 4.79 Å². The molecule has 1 aromatic rings. The number of carbonyl (C=O) groups excluding carboxylic acids is 1. The lowest BCUT2D eigenvalue weighted by molar-refractivity contribution is -0.130. The van der Waals surface area contributed by atoms with Gasteiger partial charge in [0.15, 0.2) is 0 Å². The summed E-state index contributed by atoms with van der Waals surface area (Å²) >= 11 is 1.53. The maximum Gasteiger partial charge on any atom is 0.227 e. The number of carbonyl (C=O) groups is 1. The molecule has 0 saturated carbocycles. The molecule has 1 heterocycles. The molecule has 0 bridgehead atoms. The minimum Gasteiger partial charge on any atom is -0.344 e. The summed E-state index contributed by atoms with van der Waals surface area (Å²) in [5.74, 6) is -0.0461. The van der Waals surface area contributed by atoms with E-state index in [0.717, 1.165) is 5.01 Å². The van der Waals surface area contributed by atoms with E-state index >= 15 is 0 Å². The van der Waals surface area contributed by atoms with E-state index in [-0.39, 0.29) is 5.91 Å². The topological polar surface area (TPSA) is 68.0 Å². The standard InChI is InChI=1S/C11H19N3OS/c1-10(2,7-12)8(15)14-11(3,4)9-13-5-6-16-9/h5-6H,7,12H2,1-4H3,(H,14,15). The number of nitrogens with one attached hydrogen (secondary N) is 1. The first-order valence-corrected chi connectivity index (χ1v) is 6.10. The van der Waals surface area contributed by atoms with E-state index in [4.69, 9.17) is 5.73 Å². The molecule has 3 N–H and O–H groups in total. The molecule has 16 heavy (non-hydrogen) atoms. The summed E-state index contributed by atoms with van der Waals surface area (Å²) in [6, 6.07) is 0. The molecule has 0 aliphatic carbocycles. The van der Waals surface area contributed by atoms with Crippen molar-refractivity contribution in [2.45, 2.75) is 33.2 Å². The highest BCUT2D eigenvalue weighted by molar-refractivity contribution is 7.09.